The number of rotatable bonds is 5. The number of benzene rings is 2. The SMILES string of the molecule is C[C@@H]1Cn2c(cc3ccccc32)[C@@H](c2c(F)cc(NC3CN(C(=O)OC(C)(C)C)C3)cc2F)N1CC(C)(C)F. The number of carbonyl (C=O) groups is 1. The molecule has 1 saturated heterocycles. The number of aromatic nitrogens is 1. The molecule has 3 aromatic rings. The average Bonchev–Trinajstić information content (AvgIpc) is 3.13. The topological polar surface area (TPSA) is 49.7 Å². The van der Waals surface area contributed by atoms with Gasteiger partial charge in [0.2, 0.25) is 0 Å². The number of amides is 1. The summed E-state index contributed by atoms with van der Waals surface area (Å²) in [5.41, 5.74) is -0.218. The summed E-state index contributed by atoms with van der Waals surface area (Å²) < 4.78 is 54.1. The molecular weight excluding hydrogens is 505 g/mol. The quantitative estimate of drug-likeness (QED) is 0.400. The third-order valence-electron chi connectivity index (χ3n) is 7.28. The molecular formula is C30H37F3N4O2. The van der Waals surface area contributed by atoms with Crippen LogP contribution in [0.15, 0.2) is 42.5 Å². The first-order valence-electron chi connectivity index (χ1n) is 13.5. The van der Waals surface area contributed by atoms with Gasteiger partial charge in [-0.2, -0.15) is 0 Å². The van der Waals surface area contributed by atoms with E-state index in [2.05, 4.69) is 9.88 Å². The number of hydrogen-bond acceptors (Lipinski definition) is 4. The van der Waals surface area contributed by atoms with Gasteiger partial charge in [0.05, 0.1) is 12.1 Å². The number of carbonyl (C=O) groups excluding carboxylic acids is 1. The first-order valence-corrected chi connectivity index (χ1v) is 13.5. The summed E-state index contributed by atoms with van der Waals surface area (Å²) in [5, 5.41) is 4.11. The van der Waals surface area contributed by atoms with Gasteiger partial charge in [-0.25, -0.2) is 18.0 Å². The maximum Gasteiger partial charge on any atom is 0.410 e. The number of alkyl halides is 1. The zero-order chi connectivity index (χ0) is 28.3. The van der Waals surface area contributed by atoms with Crippen molar-refractivity contribution >= 4 is 22.7 Å². The Labute approximate surface area is 227 Å². The summed E-state index contributed by atoms with van der Waals surface area (Å²) >= 11 is 0. The van der Waals surface area contributed by atoms with E-state index in [-0.39, 0.29) is 24.2 Å². The minimum Gasteiger partial charge on any atom is -0.444 e. The number of fused-ring (bicyclic) bond motifs is 3. The number of hydrogen-bond donors (Lipinski definition) is 1. The van der Waals surface area contributed by atoms with Crippen LogP contribution in [-0.4, -0.2) is 63.4 Å². The van der Waals surface area contributed by atoms with Crippen LogP contribution < -0.4 is 5.32 Å². The van der Waals surface area contributed by atoms with Crippen LogP contribution in [0.5, 0.6) is 0 Å². The molecule has 2 atom stereocenters. The molecule has 2 aromatic carbocycles. The standard InChI is InChI=1S/C30H37F3N4O2/c1-18-14-36-24-10-8-7-9-19(24)11-25(36)27(37(18)17-30(5,6)33)26-22(31)12-20(13-23(26)32)34-21-15-35(16-21)28(38)39-29(2,3)4/h7-13,18,21,27,34H,14-17H2,1-6H3/t18-,27+/m1/s1. The lowest BCUT2D eigenvalue weighted by molar-refractivity contribution is 0.0105. The van der Waals surface area contributed by atoms with Crippen LogP contribution in [0.3, 0.4) is 0 Å². The predicted molar refractivity (Wildman–Crippen MR) is 147 cm³/mol. The molecule has 210 valence electrons. The number of halogens is 3. The van der Waals surface area contributed by atoms with Crippen molar-refractivity contribution in [1.82, 2.24) is 14.4 Å². The Morgan fingerprint density at radius 1 is 1.03 bits per heavy atom. The molecule has 0 radical (unpaired) electrons. The number of ether oxygens (including phenoxy) is 1. The van der Waals surface area contributed by atoms with Crippen LogP contribution in [0.25, 0.3) is 10.9 Å². The van der Waals surface area contributed by atoms with E-state index in [1.807, 2.05) is 42.2 Å². The number of likely N-dealkylation sites (tertiary alicyclic amines) is 1. The predicted octanol–water partition coefficient (Wildman–Crippen LogP) is 6.49. The van der Waals surface area contributed by atoms with Crippen molar-refractivity contribution in [3.8, 4) is 0 Å². The molecule has 6 nitrogen and oxygen atoms in total. The Hall–Kier alpha value is -3.20. The van der Waals surface area contributed by atoms with Crippen LogP contribution in [-0.2, 0) is 11.3 Å². The van der Waals surface area contributed by atoms with Gasteiger partial charge in [0.1, 0.15) is 22.9 Å². The lowest BCUT2D eigenvalue weighted by Gasteiger charge is -2.44. The summed E-state index contributed by atoms with van der Waals surface area (Å²) in [6.07, 6.45) is -0.411. The van der Waals surface area contributed by atoms with E-state index in [0.29, 0.717) is 25.3 Å². The van der Waals surface area contributed by atoms with E-state index in [0.717, 1.165) is 16.6 Å². The molecule has 1 aromatic heterocycles. The number of para-hydroxylation sites is 1. The van der Waals surface area contributed by atoms with Crippen molar-refractivity contribution in [1.29, 1.82) is 0 Å². The normalized spacial score (nSPS) is 20.6. The molecule has 1 amide bonds. The van der Waals surface area contributed by atoms with Crippen LogP contribution in [0, 0.1) is 11.6 Å². The van der Waals surface area contributed by atoms with E-state index in [9.17, 15) is 9.18 Å². The zero-order valence-electron chi connectivity index (χ0n) is 23.4. The van der Waals surface area contributed by atoms with Crippen molar-refractivity contribution in [2.75, 3.05) is 25.0 Å². The number of nitrogens with zero attached hydrogens (tertiary/aromatic N) is 3. The first-order chi connectivity index (χ1) is 18.2. The molecule has 0 spiro atoms. The van der Waals surface area contributed by atoms with Gasteiger partial charge in [0.15, 0.2) is 0 Å². The van der Waals surface area contributed by atoms with Gasteiger partial charge in [-0.15, -0.1) is 0 Å². The lowest BCUT2D eigenvalue weighted by Crippen LogP contribution is -2.57. The summed E-state index contributed by atoms with van der Waals surface area (Å²) in [6.45, 7) is 11.7. The highest BCUT2D eigenvalue weighted by Crippen LogP contribution is 2.42. The highest BCUT2D eigenvalue weighted by molar-refractivity contribution is 5.82. The lowest BCUT2D eigenvalue weighted by atomic mass is 9.94. The Morgan fingerprint density at radius 2 is 1.67 bits per heavy atom. The second-order valence-corrected chi connectivity index (χ2v) is 12.5. The van der Waals surface area contributed by atoms with Crippen molar-refractivity contribution in [3.63, 3.8) is 0 Å². The van der Waals surface area contributed by atoms with Crippen LogP contribution in [0.1, 0.15) is 58.8 Å². The van der Waals surface area contributed by atoms with Gasteiger partial charge < -0.3 is 19.5 Å². The molecule has 2 aliphatic heterocycles. The Morgan fingerprint density at radius 3 is 2.28 bits per heavy atom. The van der Waals surface area contributed by atoms with Crippen molar-refractivity contribution in [2.24, 2.45) is 0 Å². The maximum atomic E-state index is 15.8. The molecule has 0 saturated carbocycles. The van der Waals surface area contributed by atoms with Crippen LogP contribution in [0.2, 0.25) is 0 Å². The van der Waals surface area contributed by atoms with Crippen molar-refractivity contribution in [3.05, 3.63) is 65.4 Å². The smallest absolute Gasteiger partial charge is 0.410 e. The molecule has 1 fully saturated rings. The maximum absolute atomic E-state index is 15.8. The molecule has 0 bridgehead atoms. The summed E-state index contributed by atoms with van der Waals surface area (Å²) in [7, 11) is 0. The van der Waals surface area contributed by atoms with Crippen LogP contribution in [0.4, 0.5) is 23.7 Å². The van der Waals surface area contributed by atoms with Crippen LogP contribution >= 0.6 is 0 Å². The second-order valence-electron chi connectivity index (χ2n) is 12.5. The van der Waals surface area contributed by atoms with Gasteiger partial charge in [0, 0.05) is 54.7 Å². The molecule has 3 heterocycles. The third kappa shape index (κ3) is 5.60. The van der Waals surface area contributed by atoms with Gasteiger partial charge in [-0.3, -0.25) is 4.90 Å². The van der Waals surface area contributed by atoms with E-state index in [1.165, 1.54) is 26.0 Å². The number of nitrogens with one attached hydrogen (secondary N) is 1. The molecule has 1 N–H and O–H groups in total. The zero-order valence-corrected chi connectivity index (χ0v) is 23.4. The van der Waals surface area contributed by atoms with Crippen molar-refractivity contribution < 1.29 is 22.7 Å². The number of anilines is 1. The molecule has 0 aliphatic carbocycles. The van der Waals surface area contributed by atoms with Gasteiger partial charge >= 0.3 is 6.09 Å². The van der Waals surface area contributed by atoms with E-state index < -0.39 is 35.0 Å². The second kappa shape index (κ2) is 9.77. The summed E-state index contributed by atoms with van der Waals surface area (Å²) in [4.78, 5) is 15.6. The highest BCUT2D eigenvalue weighted by Gasteiger charge is 2.40. The monoisotopic (exact) mass is 542 g/mol. The van der Waals surface area contributed by atoms with Crippen molar-refractivity contribution in [2.45, 2.75) is 77.5 Å². The Bertz CT molecular complexity index is 1360. The largest absolute Gasteiger partial charge is 0.444 e. The highest BCUT2D eigenvalue weighted by atomic mass is 19.1. The fraction of sp³-hybridized carbons (Fsp3) is 0.500. The van der Waals surface area contributed by atoms with E-state index in [1.54, 1.807) is 25.7 Å². The summed E-state index contributed by atoms with van der Waals surface area (Å²) in [6, 6.07) is 11.3. The molecule has 2 aliphatic rings. The Kier molecular flexibility index (Phi) is 6.85. The Balaban J connectivity index is 1.44. The fourth-order valence-electron chi connectivity index (χ4n) is 5.66. The molecule has 9 heteroatoms. The molecule has 5 rings (SSSR count). The first kappa shape index (κ1) is 27.4. The van der Waals surface area contributed by atoms with Gasteiger partial charge in [-0.05, 0) is 71.2 Å². The van der Waals surface area contributed by atoms with E-state index >= 15 is 8.78 Å². The van der Waals surface area contributed by atoms with E-state index in [4.69, 9.17) is 4.74 Å². The summed E-state index contributed by atoms with van der Waals surface area (Å²) in [5.74, 6) is -1.39. The average molecular weight is 543 g/mol. The minimum absolute atomic E-state index is 0.0296. The molecule has 39 heavy (non-hydrogen) atoms. The molecule has 0 unspecified atom stereocenters. The third-order valence-corrected chi connectivity index (χ3v) is 7.28. The van der Waals surface area contributed by atoms with Gasteiger partial charge in [0.25, 0.3) is 0 Å². The fourth-order valence-corrected chi connectivity index (χ4v) is 5.66. The van der Waals surface area contributed by atoms with Gasteiger partial charge in [-0.1, -0.05) is 18.2 Å². The minimum atomic E-state index is -1.56.